The first-order valence-corrected chi connectivity index (χ1v) is 14.5. The van der Waals surface area contributed by atoms with Crippen molar-refractivity contribution in [2.75, 3.05) is 6.54 Å². The average Bonchev–Trinajstić information content (AvgIpc) is 3.59. The van der Waals surface area contributed by atoms with Crippen molar-refractivity contribution < 1.29 is 9.21 Å². The summed E-state index contributed by atoms with van der Waals surface area (Å²) in [6.07, 6.45) is 12.1. The van der Waals surface area contributed by atoms with Gasteiger partial charge in [-0.25, -0.2) is 9.78 Å². The summed E-state index contributed by atoms with van der Waals surface area (Å²) in [5.41, 5.74) is 4.53. The number of nitrogens with zero attached hydrogens (tertiary/aromatic N) is 3. The lowest BCUT2D eigenvalue weighted by Crippen LogP contribution is -2.61. The number of fused-ring (bicyclic) bond motifs is 1. The summed E-state index contributed by atoms with van der Waals surface area (Å²) in [4.78, 5) is 21.5. The van der Waals surface area contributed by atoms with Gasteiger partial charge in [0.25, 0.3) is 0 Å². The molecule has 0 saturated heterocycles. The lowest BCUT2D eigenvalue weighted by molar-refractivity contribution is -0.0159. The second kappa shape index (κ2) is 9.05. The molecule has 37 heavy (non-hydrogen) atoms. The van der Waals surface area contributed by atoms with Crippen LogP contribution < -0.4 is 5.32 Å². The molecule has 4 aliphatic carbocycles. The van der Waals surface area contributed by atoms with Gasteiger partial charge in [-0.15, -0.1) is 11.3 Å². The van der Waals surface area contributed by atoms with Crippen LogP contribution in [0, 0.1) is 24.7 Å². The van der Waals surface area contributed by atoms with Crippen molar-refractivity contribution in [3.63, 3.8) is 0 Å². The van der Waals surface area contributed by atoms with E-state index in [0.29, 0.717) is 13.1 Å². The molecule has 0 aliphatic heterocycles. The number of amides is 2. The number of hydrogen-bond acceptors (Lipinski definition) is 4. The van der Waals surface area contributed by atoms with Crippen molar-refractivity contribution in [2.45, 2.75) is 64.0 Å². The Balaban J connectivity index is 1.09. The molecule has 192 valence electrons. The Labute approximate surface area is 221 Å². The molecule has 6 nitrogen and oxygen atoms in total. The van der Waals surface area contributed by atoms with E-state index in [2.05, 4.69) is 52.5 Å². The number of carbonyl (C=O) groups excluding carboxylic acids is 1. The van der Waals surface area contributed by atoms with Crippen LogP contribution in [0.2, 0.25) is 0 Å². The van der Waals surface area contributed by atoms with E-state index in [4.69, 9.17) is 9.40 Å². The number of nitrogens with one attached hydrogen (secondary N) is 1. The Morgan fingerprint density at radius 2 is 1.86 bits per heavy atom. The van der Waals surface area contributed by atoms with E-state index in [1.165, 1.54) is 30.5 Å². The zero-order valence-corrected chi connectivity index (χ0v) is 22.2. The van der Waals surface area contributed by atoms with E-state index in [1.54, 1.807) is 17.6 Å². The van der Waals surface area contributed by atoms with Gasteiger partial charge in [0.05, 0.1) is 18.5 Å². The fourth-order valence-electron chi connectivity index (χ4n) is 7.53. The average molecular weight is 515 g/mol. The number of imidazole rings is 1. The molecule has 4 aromatic rings. The van der Waals surface area contributed by atoms with E-state index < -0.39 is 0 Å². The Morgan fingerprint density at radius 1 is 1.14 bits per heavy atom. The number of rotatable bonds is 7. The van der Waals surface area contributed by atoms with Crippen LogP contribution in [0.15, 0.2) is 58.7 Å². The van der Waals surface area contributed by atoms with Crippen LogP contribution in [0.4, 0.5) is 4.79 Å². The molecule has 0 spiro atoms. The quantitative estimate of drug-likeness (QED) is 0.299. The van der Waals surface area contributed by atoms with Crippen molar-refractivity contribution in [2.24, 2.45) is 17.8 Å². The lowest BCUT2D eigenvalue weighted by atomic mass is 9.53. The second-order valence-corrected chi connectivity index (χ2v) is 12.6. The van der Waals surface area contributed by atoms with Crippen LogP contribution >= 0.6 is 11.3 Å². The maximum Gasteiger partial charge on any atom is 0.318 e. The molecule has 3 aromatic heterocycles. The molecular weight excluding hydrogens is 480 g/mol. The third-order valence-electron chi connectivity index (χ3n) is 8.89. The fraction of sp³-hybridized carbons (Fsp3) is 0.467. The van der Waals surface area contributed by atoms with E-state index in [-0.39, 0.29) is 11.6 Å². The van der Waals surface area contributed by atoms with E-state index in [9.17, 15) is 4.79 Å². The molecule has 4 bridgehead atoms. The Morgan fingerprint density at radius 3 is 2.54 bits per heavy atom. The van der Waals surface area contributed by atoms with Crippen molar-refractivity contribution >= 4 is 22.3 Å². The van der Waals surface area contributed by atoms with E-state index >= 15 is 0 Å². The maximum atomic E-state index is 13.8. The number of hydrogen-bond donors (Lipinski definition) is 1. The van der Waals surface area contributed by atoms with Crippen LogP contribution in [0.5, 0.6) is 0 Å². The molecule has 4 fully saturated rings. The molecular formula is C30H34N4O2S. The number of aromatic nitrogens is 2. The van der Waals surface area contributed by atoms with Crippen molar-refractivity contribution in [3.05, 3.63) is 71.3 Å². The first-order valence-electron chi connectivity index (χ1n) is 13.6. The minimum atomic E-state index is -0.00379. The van der Waals surface area contributed by atoms with Gasteiger partial charge in [-0.3, -0.25) is 4.40 Å². The number of thiazole rings is 1. The Bertz CT molecular complexity index is 1370. The molecule has 4 aliphatic rings. The maximum absolute atomic E-state index is 13.8. The molecule has 7 heteroatoms. The van der Waals surface area contributed by atoms with Gasteiger partial charge < -0.3 is 14.6 Å². The summed E-state index contributed by atoms with van der Waals surface area (Å²) in [5.74, 6) is 3.22. The Hall–Kier alpha value is -3.06. The predicted octanol–water partition coefficient (Wildman–Crippen LogP) is 6.69. The molecule has 1 N–H and O–H groups in total. The highest BCUT2D eigenvalue weighted by molar-refractivity contribution is 7.15. The van der Waals surface area contributed by atoms with Crippen LogP contribution in [0.25, 0.3) is 16.2 Å². The van der Waals surface area contributed by atoms with Gasteiger partial charge in [-0.05, 0) is 75.3 Å². The number of furan rings is 1. The lowest BCUT2D eigenvalue weighted by Gasteiger charge is -2.57. The highest BCUT2D eigenvalue weighted by atomic mass is 32.1. The highest BCUT2D eigenvalue weighted by Gasteiger charge is 2.51. The van der Waals surface area contributed by atoms with Crippen molar-refractivity contribution in [1.82, 2.24) is 19.6 Å². The molecule has 8 rings (SSSR count). The predicted molar refractivity (Wildman–Crippen MR) is 145 cm³/mol. The van der Waals surface area contributed by atoms with Crippen LogP contribution in [0.3, 0.4) is 0 Å². The van der Waals surface area contributed by atoms with Crippen molar-refractivity contribution in [1.29, 1.82) is 0 Å². The Kier molecular flexibility index (Phi) is 5.65. The summed E-state index contributed by atoms with van der Waals surface area (Å²) >= 11 is 1.66. The van der Waals surface area contributed by atoms with Crippen LogP contribution in [0.1, 0.15) is 55.5 Å². The first kappa shape index (κ1) is 23.1. The zero-order valence-electron chi connectivity index (χ0n) is 21.4. The molecule has 0 unspecified atom stereocenters. The third-order valence-corrected chi connectivity index (χ3v) is 9.78. The number of aryl methyl sites for hydroxylation is 1. The second-order valence-electron chi connectivity index (χ2n) is 11.8. The number of carbonyl (C=O) groups is 1. The fourth-order valence-corrected chi connectivity index (χ4v) is 8.44. The van der Waals surface area contributed by atoms with Crippen LogP contribution in [-0.4, -0.2) is 32.4 Å². The third kappa shape index (κ3) is 4.48. The van der Waals surface area contributed by atoms with Gasteiger partial charge in [0, 0.05) is 41.3 Å². The minimum absolute atomic E-state index is 0.00379. The minimum Gasteiger partial charge on any atom is -0.467 e. The monoisotopic (exact) mass is 514 g/mol. The summed E-state index contributed by atoms with van der Waals surface area (Å²) in [7, 11) is 0. The molecule has 2 amide bonds. The van der Waals surface area contributed by atoms with Gasteiger partial charge in [0.1, 0.15) is 5.76 Å². The van der Waals surface area contributed by atoms with Gasteiger partial charge in [-0.2, -0.15) is 0 Å². The molecule has 3 heterocycles. The summed E-state index contributed by atoms with van der Waals surface area (Å²) in [6.45, 7) is 3.21. The smallest absolute Gasteiger partial charge is 0.318 e. The van der Waals surface area contributed by atoms with E-state index in [1.807, 2.05) is 17.0 Å². The van der Waals surface area contributed by atoms with Gasteiger partial charge in [-0.1, -0.05) is 29.8 Å². The van der Waals surface area contributed by atoms with Gasteiger partial charge in [0.2, 0.25) is 0 Å². The van der Waals surface area contributed by atoms with Gasteiger partial charge in [0.15, 0.2) is 4.96 Å². The normalized spacial score (nSPS) is 26.1. The molecule has 0 atom stereocenters. The number of urea groups is 1. The van der Waals surface area contributed by atoms with Gasteiger partial charge >= 0.3 is 6.03 Å². The van der Waals surface area contributed by atoms with Crippen LogP contribution in [-0.2, 0) is 13.0 Å². The number of benzene rings is 1. The largest absolute Gasteiger partial charge is 0.467 e. The van der Waals surface area contributed by atoms with Crippen molar-refractivity contribution in [3.8, 4) is 11.3 Å². The SMILES string of the molecule is Cc1ccc(-c2cn3c(CCN(Cc4ccco4)C(=O)NC45CC6CC(CC(C6)C4)C5)csc3n2)cc1. The standard InChI is InChI=1S/C30H34N4O2S/c1-20-4-6-24(7-5-20)27-18-34-25(19-37-29(34)31-27)8-9-33(17-26-3-2-10-36-26)28(35)32-30-14-21-11-22(15-30)13-23(12-21)16-30/h2-7,10,18-19,21-23H,8-9,11-17H2,1H3,(H,32,35). The molecule has 1 aromatic carbocycles. The topological polar surface area (TPSA) is 62.8 Å². The molecule has 4 saturated carbocycles. The van der Waals surface area contributed by atoms with E-state index in [0.717, 1.165) is 65.4 Å². The highest BCUT2D eigenvalue weighted by Crippen LogP contribution is 2.55. The molecule has 0 radical (unpaired) electrons. The summed E-state index contributed by atoms with van der Waals surface area (Å²) in [6, 6.07) is 12.4. The summed E-state index contributed by atoms with van der Waals surface area (Å²) in [5, 5.41) is 5.73. The summed E-state index contributed by atoms with van der Waals surface area (Å²) < 4.78 is 7.82. The first-order chi connectivity index (χ1) is 18.0. The zero-order chi connectivity index (χ0) is 25.0.